The Morgan fingerprint density at radius 2 is 2.17 bits per heavy atom. The molecule has 0 saturated carbocycles. The smallest absolute Gasteiger partial charge is 0.273 e. The summed E-state index contributed by atoms with van der Waals surface area (Å²) in [7, 11) is 0. The second-order valence-corrected chi connectivity index (χ2v) is 5.87. The fraction of sp³-hybridized carbons (Fsp3) is 0.545. The Hall–Kier alpha value is -1.05. The van der Waals surface area contributed by atoms with Crippen molar-refractivity contribution in [2.75, 3.05) is 32.7 Å². The molecule has 1 aromatic rings. The first-order chi connectivity index (χ1) is 8.56. The summed E-state index contributed by atoms with van der Waals surface area (Å²) in [6.45, 7) is 5.57. The summed E-state index contributed by atoms with van der Waals surface area (Å²) >= 11 is 6.39. The van der Waals surface area contributed by atoms with Gasteiger partial charge in [0.05, 0.1) is 10.00 Å². The molecular weight excluding hydrogens is 268 g/mol. The van der Waals surface area contributed by atoms with Crippen molar-refractivity contribution in [2.45, 2.75) is 6.92 Å². The highest BCUT2D eigenvalue weighted by Crippen LogP contribution is 2.12. The summed E-state index contributed by atoms with van der Waals surface area (Å²) in [5.41, 5.74) is 6.07. The molecule has 1 aromatic heterocycles. The first kappa shape index (κ1) is 13.4. The van der Waals surface area contributed by atoms with Crippen LogP contribution in [0.5, 0.6) is 0 Å². The minimum atomic E-state index is 0.0225. The molecule has 98 valence electrons. The lowest BCUT2D eigenvalue weighted by Gasteiger charge is -2.34. The van der Waals surface area contributed by atoms with Crippen molar-refractivity contribution >= 4 is 34.5 Å². The van der Waals surface area contributed by atoms with Crippen LogP contribution >= 0.6 is 23.6 Å². The molecule has 0 radical (unpaired) electrons. The topological polar surface area (TPSA) is 62.5 Å². The Bertz CT molecular complexity index is 452. The molecular formula is C11H16N4OS2. The number of nitrogens with zero attached hydrogens (tertiary/aromatic N) is 3. The van der Waals surface area contributed by atoms with Crippen LogP contribution in [-0.2, 0) is 0 Å². The largest absolute Gasteiger partial charge is 0.392 e. The Kier molecular flexibility index (Phi) is 4.26. The van der Waals surface area contributed by atoms with Crippen molar-refractivity contribution in [1.29, 1.82) is 0 Å². The van der Waals surface area contributed by atoms with E-state index in [-0.39, 0.29) is 5.91 Å². The molecule has 1 aliphatic rings. The number of nitrogens with two attached hydrogens (primary N) is 1. The van der Waals surface area contributed by atoms with E-state index in [4.69, 9.17) is 18.0 Å². The summed E-state index contributed by atoms with van der Waals surface area (Å²) in [5.74, 6) is 0.0225. The summed E-state index contributed by atoms with van der Waals surface area (Å²) in [4.78, 5) is 20.9. The Morgan fingerprint density at radius 3 is 2.67 bits per heavy atom. The molecule has 0 aliphatic carbocycles. The van der Waals surface area contributed by atoms with Crippen molar-refractivity contribution in [2.24, 2.45) is 5.73 Å². The van der Waals surface area contributed by atoms with Gasteiger partial charge in [0.25, 0.3) is 5.91 Å². The van der Waals surface area contributed by atoms with Crippen LogP contribution < -0.4 is 5.73 Å². The van der Waals surface area contributed by atoms with Crippen LogP contribution in [0.1, 0.15) is 15.5 Å². The van der Waals surface area contributed by atoms with Crippen LogP contribution in [0.2, 0.25) is 0 Å². The molecule has 0 aromatic carbocycles. The van der Waals surface area contributed by atoms with Crippen molar-refractivity contribution in [3.8, 4) is 0 Å². The van der Waals surface area contributed by atoms with Gasteiger partial charge in [0.2, 0.25) is 0 Å². The molecule has 0 bridgehead atoms. The van der Waals surface area contributed by atoms with Crippen LogP contribution in [0.3, 0.4) is 0 Å². The zero-order valence-electron chi connectivity index (χ0n) is 10.3. The van der Waals surface area contributed by atoms with Crippen LogP contribution in [0.4, 0.5) is 0 Å². The van der Waals surface area contributed by atoms with Crippen LogP contribution in [0.25, 0.3) is 0 Å². The number of hydrogen-bond acceptors (Lipinski definition) is 5. The number of piperazine rings is 1. The van der Waals surface area contributed by atoms with Gasteiger partial charge in [0.1, 0.15) is 5.69 Å². The van der Waals surface area contributed by atoms with Crippen LogP contribution in [-0.4, -0.2) is 58.4 Å². The third-order valence-corrected chi connectivity index (χ3v) is 3.78. The molecule has 5 nitrogen and oxygen atoms in total. The zero-order valence-corrected chi connectivity index (χ0v) is 11.9. The van der Waals surface area contributed by atoms with E-state index in [1.54, 1.807) is 0 Å². The second-order valence-electron chi connectivity index (χ2n) is 4.29. The van der Waals surface area contributed by atoms with E-state index in [9.17, 15) is 4.79 Å². The zero-order chi connectivity index (χ0) is 13.1. The first-order valence-corrected chi connectivity index (χ1v) is 7.07. The number of carbonyl (C=O) groups is 1. The van der Waals surface area contributed by atoms with Gasteiger partial charge in [-0.05, 0) is 6.92 Å². The minimum absolute atomic E-state index is 0.0225. The second kappa shape index (κ2) is 5.73. The lowest BCUT2D eigenvalue weighted by Crippen LogP contribution is -2.50. The van der Waals surface area contributed by atoms with Gasteiger partial charge in [-0.2, -0.15) is 0 Å². The highest BCUT2D eigenvalue weighted by atomic mass is 32.1. The number of thiocarbonyl (C=S) groups is 1. The third kappa shape index (κ3) is 3.24. The minimum Gasteiger partial charge on any atom is -0.392 e. The normalized spacial score (nSPS) is 16.8. The lowest BCUT2D eigenvalue weighted by atomic mass is 10.3. The predicted molar refractivity (Wildman–Crippen MR) is 76.0 cm³/mol. The average Bonchev–Trinajstić information content (AvgIpc) is 2.75. The van der Waals surface area contributed by atoms with Gasteiger partial charge < -0.3 is 10.6 Å². The van der Waals surface area contributed by atoms with Crippen LogP contribution in [0.15, 0.2) is 5.38 Å². The monoisotopic (exact) mass is 284 g/mol. The maximum Gasteiger partial charge on any atom is 0.273 e. The standard InChI is InChI=1S/C11H16N4OS2/c1-8-13-9(7-18-8)11(16)15-4-2-14(3-5-15)6-10(12)17/h7H,2-6H2,1H3,(H2,12,17). The van der Waals surface area contributed by atoms with E-state index in [2.05, 4.69) is 9.88 Å². The van der Waals surface area contributed by atoms with E-state index < -0.39 is 0 Å². The van der Waals surface area contributed by atoms with Gasteiger partial charge in [-0.3, -0.25) is 9.69 Å². The molecule has 7 heteroatoms. The van der Waals surface area contributed by atoms with Gasteiger partial charge in [0, 0.05) is 38.1 Å². The number of aromatic nitrogens is 1. The molecule has 2 N–H and O–H groups in total. The molecule has 2 rings (SSSR count). The molecule has 18 heavy (non-hydrogen) atoms. The molecule has 1 amide bonds. The fourth-order valence-corrected chi connectivity index (χ4v) is 2.72. The maximum absolute atomic E-state index is 12.1. The van der Waals surface area contributed by atoms with Gasteiger partial charge in [-0.15, -0.1) is 11.3 Å². The number of amides is 1. The van der Waals surface area contributed by atoms with E-state index in [1.807, 2.05) is 17.2 Å². The van der Waals surface area contributed by atoms with E-state index >= 15 is 0 Å². The quantitative estimate of drug-likeness (QED) is 0.819. The molecule has 0 atom stereocenters. The van der Waals surface area contributed by atoms with Crippen molar-refractivity contribution in [3.63, 3.8) is 0 Å². The van der Waals surface area contributed by atoms with Gasteiger partial charge >= 0.3 is 0 Å². The summed E-state index contributed by atoms with van der Waals surface area (Å²) in [5, 5.41) is 2.74. The Morgan fingerprint density at radius 1 is 1.50 bits per heavy atom. The highest BCUT2D eigenvalue weighted by Gasteiger charge is 2.23. The van der Waals surface area contributed by atoms with Crippen molar-refractivity contribution in [1.82, 2.24) is 14.8 Å². The number of thiazole rings is 1. The summed E-state index contributed by atoms with van der Waals surface area (Å²) in [6, 6.07) is 0. The fourth-order valence-electron chi connectivity index (χ4n) is 1.95. The number of rotatable bonds is 3. The molecule has 2 heterocycles. The molecule has 1 fully saturated rings. The maximum atomic E-state index is 12.1. The Balaban J connectivity index is 1.90. The number of hydrogen-bond donors (Lipinski definition) is 1. The van der Waals surface area contributed by atoms with Crippen molar-refractivity contribution in [3.05, 3.63) is 16.1 Å². The van der Waals surface area contributed by atoms with Gasteiger partial charge in [-0.1, -0.05) is 12.2 Å². The molecule has 0 unspecified atom stereocenters. The summed E-state index contributed by atoms with van der Waals surface area (Å²) < 4.78 is 0. The SMILES string of the molecule is Cc1nc(C(=O)N2CCN(CC(N)=S)CC2)cs1. The third-order valence-electron chi connectivity index (χ3n) is 2.88. The predicted octanol–water partition coefficient (Wildman–Crippen LogP) is 0.495. The number of aryl methyl sites for hydroxylation is 1. The number of carbonyl (C=O) groups excluding carboxylic acids is 1. The highest BCUT2D eigenvalue weighted by molar-refractivity contribution is 7.80. The van der Waals surface area contributed by atoms with Crippen molar-refractivity contribution < 1.29 is 4.79 Å². The van der Waals surface area contributed by atoms with Crippen LogP contribution in [0, 0.1) is 6.92 Å². The first-order valence-electron chi connectivity index (χ1n) is 5.78. The van der Waals surface area contributed by atoms with E-state index in [1.165, 1.54) is 11.3 Å². The van der Waals surface area contributed by atoms with E-state index in [0.29, 0.717) is 30.3 Å². The molecule has 1 aliphatic heterocycles. The lowest BCUT2D eigenvalue weighted by molar-refractivity contribution is 0.0649. The summed E-state index contributed by atoms with van der Waals surface area (Å²) in [6.07, 6.45) is 0. The van der Waals surface area contributed by atoms with Gasteiger partial charge in [-0.25, -0.2) is 4.98 Å². The molecule has 1 saturated heterocycles. The van der Waals surface area contributed by atoms with Gasteiger partial charge in [0.15, 0.2) is 0 Å². The Labute approximate surface area is 116 Å². The average molecular weight is 284 g/mol. The van der Waals surface area contributed by atoms with E-state index in [0.717, 1.165) is 18.1 Å². The molecule has 0 spiro atoms.